The van der Waals surface area contributed by atoms with Crippen LogP contribution in [-0.4, -0.2) is 28.6 Å². The Labute approximate surface area is 174 Å². The van der Waals surface area contributed by atoms with Crippen LogP contribution in [0.2, 0.25) is 0 Å². The molecule has 0 radical (unpaired) electrons. The zero-order valence-corrected chi connectivity index (χ0v) is 22.7. The van der Waals surface area contributed by atoms with E-state index in [1.165, 1.54) is 13.8 Å². The van der Waals surface area contributed by atoms with Crippen LogP contribution in [0.5, 0.6) is 0 Å². The van der Waals surface area contributed by atoms with Gasteiger partial charge in [-0.15, -0.1) is 111 Å². The zero-order valence-electron chi connectivity index (χ0n) is 10.2. The molecule has 1 heterocycles. The maximum absolute atomic E-state index is 7.32. The van der Waals surface area contributed by atoms with Gasteiger partial charge in [-0.25, -0.2) is 0 Å². The molecule has 1 rings (SSSR count). The summed E-state index contributed by atoms with van der Waals surface area (Å²) in [5, 5.41) is 14.6. The highest BCUT2D eigenvalue weighted by molar-refractivity contribution is 8.52. The van der Waals surface area contributed by atoms with Crippen LogP contribution in [0.25, 0.3) is 0 Å². The van der Waals surface area contributed by atoms with Crippen LogP contribution in [0.15, 0.2) is 0 Å². The SMILES string of the molecule is CC#N.CC#N.Cl[Si]1(Cl)[Si](Cl)(Cl)[Si](Cl)(Cl)[Si](Cl)(Cl)[Si]1(Cl)Cl. The molecule has 0 N–H and O–H groups in total. The fourth-order valence-electron chi connectivity index (χ4n) is 0.986. The Hall–Kier alpha value is 2.96. The van der Waals surface area contributed by atoms with Crippen LogP contribution in [0.4, 0.5) is 0 Å². The highest BCUT2D eigenvalue weighted by Gasteiger charge is 2.95. The van der Waals surface area contributed by atoms with Crippen LogP contribution in [-0.2, 0) is 0 Å². The summed E-state index contributed by atoms with van der Waals surface area (Å²) in [5.74, 6) is 0. The van der Waals surface area contributed by atoms with E-state index < -0.39 is 28.6 Å². The third-order valence-corrected chi connectivity index (χ3v) is 160. The predicted octanol–water partition coefficient (Wildman–Crippen LogP) is 6.05. The quantitative estimate of drug-likeness (QED) is 0.260. The van der Waals surface area contributed by atoms with E-state index >= 15 is 0 Å². The molecule has 0 aromatic rings. The van der Waals surface area contributed by atoms with E-state index in [-0.39, 0.29) is 0 Å². The van der Waals surface area contributed by atoms with Gasteiger partial charge < -0.3 is 0 Å². The highest BCUT2D eigenvalue weighted by atomic mass is 35.8. The van der Waals surface area contributed by atoms with Crippen LogP contribution >= 0.6 is 111 Å². The fourth-order valence-corrected chi connectivity index (χ4v) is 240. The second-order valence-corrected chi connectivity index (χ2v) is 78.0. The van der Waals surface area contributed by atoms with Gasteiger partial charge in [-0.3, -0.25) is 0 Å². The first-order chi connectivity index (χ1) is 9.08. The summed E-state index contributed by atoms with van der Waals surface area (Å²) in [4.78, 5) is 0. The smallest absolute Gasteiger partial charge is 0.199 e. The van der Waals surface area contributed by atoms with Crippen molar-refractivity contribution in [2.75, 3.05) is 0 Å². The van der Waals surface area contributed by atoms with Crippen LogP contribution in [0, 0.1) is 22.7 Å². The molecule has 0 amide bonds. The molecule has 0 spiro atoms. The minimum atomic E-state index is -3.39. The maximum atomic E-state index is 7.32. The van der Waals surface area contributed by atoms with E-state index in [0.29, 0.717) is 0 Å². The van der Waals surface area contributed by atoms with Gasteiger partial charge in [-0.1, -0.05) is 0 Å². The number of halogens is 10. The molecule has 0 aliphatic carbocycles. The molecule has 0 atom stereocenters. The molecule has 0 unspecified atom stereocenters. The molecule has 17 heteroatoms. The molecule has 0 aromatic carbocycles. The molecular formula is C4H6Cl10N2Si5. The van der Waals surface area contributed by atoms with E-state index in [2.05, 4.69) is 0 Å². The van der Waals surface area contributed by atoms with E-state index in [4.69, 9.17) is 121 Å². The van der Waals surface area contributed by atoms with Crippen LogP contribution < -0.4 is 0 Å². The number of hydrogen-bond donors (Lipinski definition) is 0. The Morgan fingerprint density at radius 3 is 0.571 bits per heavy atom. The Balaban J connectivity index is 0. The lowest BCUT2D eigenvalue weighted by atomic mass is 11.0. The van der Waals surface area contributed by atoms with Gasteiger partial charge in [0.15, 0.2) is 0 Å². The van der Waals surface area contributed by atoms with E-state index in [1.54, 1.807) is 12.1 Å². The van der Waals surface area contributed by atoms with Gasteiger partial charge >= 0.3 is 0 Å². The van der Waals surface area contributed by atoms with Gasteiger partial charge in [0.05, 0.1) is 12.1 Å². The third kappa shape index (κ3) is 4.39. The Morgan fingerprint density at radius 2 is 0.524 bits per heavy atom. The number of nitrogens with zero attached hydrogens (tertiary/aromatic N) is 2. The van der Waals surface area contributed by atoms with Crippen molar-refractivity contribution in [1.82, 2.24) is 0 Å². The van der Waals surface area contributed by atoms with Crippen LogP contribution in [0.3, 0.4) is 0 Å². The molecule has 1 saturated heterocycles. The second-order valence-electron chi connectivity index (χ2n) is 3.32. The molecule has 0 saturated carbocycles. The fraction of sp³-hybridized carbons (Fsp3) is 0.500. The molecule has 122 valence electrons. The lowest BCUT2D eigenvalue weighted by molar-refractivity contribution is 1.49. The summed E-state index contributed by atoms with van der Waals surface area (Å²) in [6, 6.07) is 3.50. The van der Waals surface area contributed by atoms with Gasteiger partial charge in [-0.2, -0.15) is 10.5 Å². The first-order valence-corrected chi connectivity index (χ1v) is 29.7. The van der Waals surface area contributed by atoms with Crippen molar-refractivity contribution in [2.45, 2.75) is 13.8 Å². The molecule has 21 heavy (non-hydrogen) atoms. The highest BCUT2D eigenvalue weighted by Crippen LogP contribution is 2.65. The largest absolute Gasteiger partial charge is 0.295 e. The van der Waals surface area contributed by atoms with Crippen molar-refractivity contribution < 1.29 is 0 Å². The summed E-state index contributed by atoms with van der Waals surface area (Å²) in [6.45, 7) is 2.86. The molecule has 0 bridgehead atoms. The second kappa shape index (κ2) is 9.06. The minimum absolute atomic E-state index is 1.43. The van der Waals surface area contributed by atoms with Gasteiger partial charge in [0.1, 0.15) is 0 Å². The van der Waals surface area contributed by atoms with Crippen molar-refractivity contribution in [3.05, 3.63) is 0 Å². The predicted molar refractivity (Wildman–Crippen MR) is 110 cm³/mol. The monoisotopic (exact) mass is 572 g/mol. The molecule has 1 aliphatic rings. The Kier molecular flexibility index (Phi) is 11.3. The third-order valence-electron chi connectivity index (χ3n) is 1.97. The summed E-state index contributed by atoms with van der Waals surface area (Å²) < 4.78 is 0. The van der Waals surface area contributed by atoms with Gasteiger partial charge in [0.2, 0.25) is 0 Å². The standard InChI is InChI=1S/2C2H3N.Cl10Si5/c2*1-2-3;1-11(2)12(3,4)14(7,8)15(9,10)13(11,5)6/h2*1H3;. The minimum Gasteiger partial charge on any atom is -0.199 e. The summed E-state index contributed by atoms with van der Waals surface area (Å²) in [5.41, 5.74) is -16.9. The van der Waals surface area contributed by atoms with Gasteiger partial charge in [0, 0.05) is 13.8 Å². The molecular weight excluding hydrogens is 571 g/mol. The summed E-state index contributed by atoms with van der Waals surface area (Å²) >= 11 is 61.5. The van der Waals surface area contributed by atoms with Crippen molar-refractivity contribution in [3.63, 3.8) is 0 Å². The number of rotatable bonds is 0. The summed E-state index contributed by atoms with van der Waals surface area (Å²) in [6.07, 6.45) is 0. The molecule has 2 nitrogen and oxygen atoms in total. The lowest BCUT2D eigenvalue weighted by Gasteiger charge is -2.27. The number of nitriles is 2. The first-order valence-electron chi connectivity index (χ1n) is 4.59. The molecule has 0 aromatic heterocycles. The van der Waals surface area contributed by atoms with Crippen molar-refractivity contribution in [1.29, 1.82) is 10.5 Å². The van der Waals surface area contributed by atoms with Crippen molar-refractivity contribution >= 4 is 139 Å². The first kappa shape index (κ1) is 26.2. The van der Waals surface area contributed by atoms with E-state index in [1.807, 2.05) is 0 Å². The Morgan fingerprint density at radius 1 is 0.476 bits per heavy atom. The topological polar surface area (TPSA) is 47.6 Å². The lowest BCUT2D eigenvalue weighted by Crippen LogP contribution is -2.60. The van der Waals surface area contributed by atoms with E-state index in [9.17, 15) is 0 Å². The van der Waals surface area contributed by atoms with Crippen molar-refractivity contribution in [3.8, 4) is 12.1 Å². The van der Waals surface area contributed by atoms with Crippen molar-refractivity contribution in [2.24, 2.45) is 0 Å². The van der Waals surface area contributed by atoms with Gasteiger partial charge in [-0.05, 0) is 0 Å². The Bertz CT molecular complexity index is 350. The van der Waals surface area contributed by atoms with Crippen LogP contribution in [0.1, 0.15) is 13.8 Å². The average Bonchev–Trinajstić information content (AvgIpc) is 2.32. The zero-order chi connectivity index (χ0) is 17.9. The summed E-state index contributed by atoms with van der Waals surface area (Å²) in [7, 11) is 0. The van der Waals surface area contributed by atoms with E-state index in [0.717, 1.165) is 0 Å². The normalized spacial score (nSPS) is 25.0. The maximum Gasteiger partial charge on any atom is 0.295 e. The molecule has 1 aliphatic heterocycles. The number of hydrogen-bond acceptors (Lipinski definition) is 2. The molecule has 1 fully saturated rings. The van der Waals surface area contributed by atoms with Gasteiger partial charge in [0.25, 0.3) is 28.6 Å². The average molecular weight is 577 g/mol.